The maximum absolute atomic E-state index is 5.21. The zero-order valence-corrected chi connectivity index (χ0v) is 10.6. The predicted molar refractivity (Wildman–Crippen MR) is 68.0 cm³/mol. The van der Waals surface area contributed by atoms with Crippen molar-refractivity contribution in [3.05, 3.63) is 23.8 Å². The molecule has 1 aliphatic rings. The number of hydrogen-bond acceptors (Lipinski definition) is 4. The summed E-state index contributed by atoms with van der Waals surface area (Å²) in [5, 5.41) is 3.36. The summed E-state index contributed by atoms with van der Waals surface area (Å²) in [7, 11) is 1.71. The summed E-state index contributed by atoms with van der Waals surface area (Å²) in [4.78, 5) is 1.32. The van der Waals surface area contributed by atoms with Gasteiger partial charge in [0, 0.05) is 31.1 Å². The molecule has 16 heavy (non-hydrogen) atoms. The van der Waals surface area contributed by atoms with Crippen molar-refractivity contribution in [1.29, 1.82) is 0 Å². The van der Waals surface area contributed by atoms with Gasteiger partial charge in [-0.05, 0) is 42.6 Å². The molecule has 1 aromatic rings. The van der Waals surface area contributed by atoms with Gasteiger partial charge in [0.1, 0.15) is 5.75 Å². The number of rotatable bonds is 3. The summed E-state index contributed by atoms with van der Waals surface area (Å²) in [5.74, 6) is 0.933. The minimum absolute atomic E-state index is 0.933. The molecular formula is C12H18N2OS. The highest BCUT2D eigenvalue weighted by Crippen LogP contribution is 2.28. The van der Waals surface area contributed by atoms with Crippen LogP contribution in [0, 0.1) is 6.92 Å². The second kappa shape index (κ2) is 5.57. The van der Waals surface area contributed by atoms with Crippen LogP contribution in [-0.2, 0) is 0 Å². The number of methoxy groups -OCH3 is 1. The molecule has 0 unspecified atom stereocenters. The van der Waals surface area contributed by atoms with E-state index in [1.54, 1.807) is 7.11 Å². The van der Waals surface area contributed by atoms with Gasteiger partial charge in [-0.2, -0.15) is 0 Å². The molecule has 1 saturated heterocycles. The molecule has 1 aromatic carbocycles. The molecule has 0 bridgehead atoms. The molecule has 0 amide bonds. The Balaban J connectivity index is 2.03. The second-order valence-corrected chi connectivity index (χ2v) is 5.04. The topological polar surface area (TPSA) is 24.5 Å². The molecule has 2 rings (SSSR count). The molecule has 0 radical (unpaired) electrons. The lowest BCUT2D eigenvalue weighted by Gasteiger charge is -2.26. The van der Waals surface area contributed by atoms with Crippen molar-refractivity contribution in [2.45, 2.75) is 11.8 Å². The third-order valence-corrected chi connectivity index (χ3v) is 3.96. The van der Waals surface area contributed by atoms with Crippen molar-refractivity contribution in [1.82, 2.24) is 9.62 Å². The van der Waals surface area contributed by atoms with Crippen LogP contribution in [0.2, 0.25) is 0 Å². The third-order valence-electron chi connectivity index (χ3n) is 2.69. The fourth-order valence-electron chi connectivity index (χ4n) is 1.73. The van der Waals surface area contributed by atoms with Gasteiger partial charge in [-0.3, -0.25) is 0 Å². The molecule has 0 aromatic heterocycles. The predicted octanol–water partition coefficient (Wildman–Crippen LogP) is 1.92. The number of nitrogens with zero attached hydrogens (tertiary/aromatic N) is 1. The molecule has 0 saturated carbocycles. The highest BCUT2D eigenvalue weighted by atomic mass is 32.2. The highest BCUT2D eigenvalue weighted by Gasteiger charge is 2.12. The number of benzene rings is 1. The van der Waals surface area contributed by atoms with Crippen LogP contribution >= 0.6 is 11.9 Å². The van der Waals surface area contributed by atoms with E-state index in [1.165, 1.54) is 10.5 Å². The summed E-state index contributed by atoms with van der Waals surface area (Å²) in [5.41, 5.74) is 1.28. The number of piperazine rings is 1. The Morgan fingerprint density at radius 1 is 1.31 bits per heavy atom. The number of aryl methyl sites for hydroxylation is 1. The molecule has 0 atom stereocenters. The first kappa shape index (κ1) is 11.8. The molecule has 1 fully saturated rings. The highest BCUT2D eigenvalue weighted by molar-refractivity contribution is 7.97. The first-order valence-corrected chi connectivity index (χ1v) is 6.35. The quantitative estimate of drug-likeness (QED) is 0.813. The van der Waals surface area contributed by atoms with E-state index in [1.807, 2.05) is 18.0 Å². The summed E-state index contributed by atoms with van der Waals surface area (Å²) in [6, 6.07) is 6.25. The van der Waals surface area contributed by atoms with E-state index in [0.29, 0.717) is 0 Å². The van der Waals surface area contributed by atoms with E-state index >= 15 is 0 Å². The molecule has 0 spiro atoms. The largest absolute Gasteiger partial charge is 0.497 e. The molecule has 3 nitrogen and oxygen atoms in total. The fraction of sp³-hybridized carbons (Fsp3) is 0.500. The van der Waals surface area contributed by atoms with Crippen LogP contribution in [0.15, 0.2) is 23.1 Å². The lowest BCUT2D eigenvalue weighted by Crippen LogP contribution is -2.39. The Labute approximate surface area is 101 Å². The Hall–Kier alpha value is -0.710. The first-order chi connectivity index (χ1) is 7.79. The average Bonchev–Trinajstić information content (AvgIpc) is 2.33. The van der Waals surface area contributed by atoms with E-state index in [4.69, 9.17) is 4.74 Å². The van der Waals surface area contributed by atoms with Crippen molar-refractivity contribution in [2.24, 2.45) is 0 Å². The third kappa shape index (κ3) is 2.90. The second-order valence-electron chi connectivity index (χ2n) is 3.90. The van der Waals surface area contributed by atoms with Gasteiger partial charge in [-0.15, -0.1) is 0 Å². The van der Waals surface area contributed by atoms with Crippen molar-refractivity contribution < 1.29 is 4.74 Å². The van der Waals surface area contributed by atoms with E-state index in [-0.39, 0.29) is 0 Å². The molecule has 1 aliphatic heterocycles. The Kier molecular flexibility index (Phi) is 4.09. The minimum atomic E-state index is 0.933. The van der Waals surface area contributed by atoms with Gasteiger partial charge in [-0.1, -0.05) is 0 Å². The summed E-state index contributed by atoms with van der Waals surface area (Å²) >= 11 is 1.85. The van der Waals surface area contributed by atoms with Crippen LogP contribution in [0.25, 0.3) is 0 Å². The summed E-state index contributed by atoms with van der Waals surface area (Å²) in [6.07, 6.45) is 0. The average molecular weight is 238 g/mol. The van der Waals surface area contributed by atoms with Crippen molar-refractivity contribution in [3.63, 3.8) is 0 Å². The molecule has 1 N–H and O–H groups in total. The van der Waals surface area contributed by atoms with E-state index in [9.17, 15) is 0 Å². The van der Waals surface area contributed by atoms with Crippen LogP contribution in [0.3, 0.4) is 0 Å². The standard InChI is InChI=1S/C12H18N2OS/c1-10-9-11(15-2)3-4-12(10)16-14-7-5-13-6-8-14/h3-4,9,13H,5-8H2,1-2H3. The fourth-order valence-corrected chi connectivity index (χ4v) is 2.70. The number of ether oxygens (including phenoxy) is 1. The van der Waals surface area contributed by atoms with E-state index < -0.39 is 0 Å². The normalized spacial score (nSPS) is 17.4. The van der Waals surface area contributed by atoms with Crippen molar-refractivity contribution in [2.75, 3.05) is 33.3 Å². The van der Waals surface area contributed by atoms with Crippen molar-refractivity contribution >= 4 is 11.9 Å². The minimum Gasteiger partial charge on any atom is -0.497 e. The molecule has 0 aliphatic carbocycles. The van der Waals surface area contributed by atoms with Gasteiger partial charge < -0.3 is 10.1 Å². The summed E-state index contributed by atoms with van der Waals surface area (Å²) < 4.78 is 7.62. The number of nitrogens with one attached hydrogen (secondary N) is 1. The Bertz CT molecular complexity index is 351. The zero-order valence-electron chi connectivity index (χ0n) is 9.82. The first-order valence-electron chi connectivity index (χ1n) is 5.58. The van der Waals surface area contributed by atoms with Gasteiger partial charge in [0.2, 0.25) is 0 Å². The van der Waals surface area contributed by atoms with Gasteiger partial charge in [-0.25, -0.2) is 4.31 Å². The van der Waals surface area contributed by atoms with Crippen LogP contribution in [0.1, 0.15) is 5.56 Å². The lowest BCUT2D eigenvalue weighted by molar-refractivity contribution is 0.396. The van der Waals surface area contributed by atoms with Crippen LogP contribution < -0.4 is 10.1 Å². The molecule has 88 valence electrons. The SMILES string of the molecule is COc1ccc(SN2CCNCC2)c(C)c1. The maximum atomic E-state index is 5.21. The van der Waals surface area contributed by atoms with E-state index in [2.05, 4.69) is 28.7 Å². The molecule has 1 heterocycles. The van der Waals surface area contributed by atoms with Crippen molar-refractivity contribution in [3.8, 4) is 5.75 Å². The van der Waals surface area contributed by atoms with Crippen LogP contribution in [0.4, 0.5) is 0 Å². The molecular weight excluding hydrogens is 220 g/mol. The van der Waals surface area contributed by atoms with Gasteiger partial charge in [0.15, 0.2) is 0 Å². The monoisotopic (exact) mass is 238 g/mol. The van der Waals surface area contributed by atoms with Gasteiger partial charge in [0.25, 0.3) is 0 Å². The number of hydrogen-bond donors (Lipinski definition) is 1. The zero-order chi connectivity index (χ0) is 11.4. The van der Waals surface area contributed by atoms with Gasteiger partial charge in [0.05, 0.1) is 7.11 Å². The lowest BCUT2D eigenvalue weighted by atomic mass is 10.2. The molecule has 4 heteroatoms. The Morgan fingerprint density at radius 2 is 2.06 bits per heavy atom. The van der Waals surface area contributed by atoms with Crippen LogP contribution in [-0.4, -0.2) is 37.6 Å². The Morgan fingerprint density at radius 3 is 2.69 bits per heavy atom. The maximum Gasteiger partial charge on any atom is 0.119 e. The van der Waals surface area contributed by atoms with Crippen LogP contribution in [0.5, 0.6) is 5.75 Å². The van der Waals surface area contributed by atoms with Gasteiger partial charge >= 0.3 is 0 Å². The van der Waals surface area contributed by atoms with E-state index in [0.717, 1.165) is 31.9 Å². The summed E-state index contributed by atoms with van der Waals surface area (Å²) in [6.45, 7) is 6.52. The smallest absolute Gasteiger partial charge is 0.119 e.